The van der Waals surface area contributed by atoms with Crippen molar-refractivity contribution in [3.8, 4) is 0 Å². The lowest BCUT2D eigenvalue weighted by Gasteiger charge is -1.95. The predicted molar refractivity (Wildman–Crippen MR) is 33.7 cm³/mol. The van der Waals surface area contributed by atoms with Gasteiger partial charge in [-0.15, -0.1) is 0 Å². The molecule has 1 aromatic rings. The highest BCUT2D eigenvalue weighted by atomic mass is 16.5. The Morgan fingerprint density at radius 2 is 2.70 bits per heavy atom. The van der Waals surface area contributed by atoms with E-state index >= 15 is 0 Å². The van der Waals surface area contributed by atoms with Gasteiger partial charge in [-0.25, -0.2) is 4.79 Å². The summed E-state index contributed by atoms with van der Waals surface area (Å²) in [6.45, 7) is 0. The fraction of sp³-hybridized carbons (Fsp3) is 0.167. The van der Waals surface area contributed by atoms with Crippen LogP contribution in [0.2, 0.25) is 0 Å². The molecule has 0 aliphatic carbocycles. The molecule has 1 aromatic heterocycles. The van der Waals surface area contributed by atoms with Gasteiger partial charge in [-0.1, -0.05) is 5.16 Å². The van der Waals surface area contributed by atoms with E-state index < -0.39 is 6.04 Å². The molecule has 1 atom stereocenters. The van der Waals surface area contributed by atoms with Crippen molar-refractivity contribution in [1.29, 1.82) is 0 Å². The molecule has 10 heavy (non-hydrogen) atoms. The zero-order valence-corrected chi connectivity index (χ0v) is 5.15. The lowest BCUT2D eigenvalue weighted by atomic mass is 10.2. The van der Waals surface area contributed by atoms with Crippen molar-refractivity contribution >= 4 is 5.94 Å². The molecule has 1 unspecified atom stereocenters. The summed E-state index contributed by atoms with van der Waals surface area (Å²) < 4.78 is 4.50. The van der Waals surface area contributed by atoms with Crippen LogP contribution in [0.15, 0.2) is 23.1 Å². The molecule has 0 aromatic carbocycles. The summed E-state index contributed by atoms with van der Waals surface area (Å²) in [6, 6.07) is -0.455. The highest BCUT2D eigenvalue weighted by Gasteiger charge is 2.02. The summed E-state index contributed by atoms with van der Waals surface area (Å²) in [5.74, 6) is 1.59. The van der Waals surface area contributed by atoms with Crippen LogP contribution in [0.5, 0.6) is 0 Å². The molecule has 4 nitrogen and oxygen atoms in total. The highest BCUT2D eigenvalue weighted by Crippen LogP contribution is 2.07. The second kappa shape index (κ2) is 2.96. The molecule has 1 heterocycles. The molecule has 52 valence electrons. The van der Waals surface area contributed by atoms with Crippen molar-refractivity contribution in [3.05, 3.63) is 24.1 Å². The van der Waals surface area contributed by atoms with Gasteiger partial charge in [0.2, 0.25) is 0 Å². The van der Waals surface area contributed by atoms with Gasteiger partial charge in [0.05, 0.1) is 12.2 Å². The number of nitrogens with two attached hydrogens (primary N) is 1. The maximum absolute atomic E-state index is 9.80. The van der Waals surface area contributed by atoms with Crippen LogP contribution in [-0.2, 0) is 4.79 Å². The zero-order valence-electron chi connectivity index (χ0n) is 5.15. The Labute approximate surface area is 57.3 Å². The average Bonchev–Trinajstić information content (AvgIpc) is 2.38. The van der Waals surface area contributed by atoms with Gasteiger partial charge in [0, 0.05) is 11.6 Å². The Bertz CT molecular complexity index is 236. The lowest BCUT2D eigenvalue weighted by Crippen LogP contribution is -2.05. The largest absolute Gasteiger partial charge is 0.364 e. The molecule has 0 amide bonds. The van der Waals surface area contributed by atoms with Crippen molar-refractivity contribution in [3.63, 3.8) is 0 Å². The van der Waals surface area contributed by atoms with E-state index in [9.17, 15) is 4.79 Å². The highest BCUT2D eigenvalue weighted by molar-refractivity contribution is 5.47. The second-order valence-electron chi connectivity index (χ2n) is 1.77. The van der Waals surface area contributed by atoms with Gasteiger partial charge in [0.25, 0.3) is 0 Å². The first-order valence-corrected chi connectivity index (χ1v) is 2.70. The van der Waals surface area contributed by atoms with Crippen molar-refractivity contribution in [2.45, 2.75) is 6.04 Å². The molecular formula is C6H6N2O2. The lowest BCUT2D eigenvalue weighted by molar-refractivity contribution is 0.418. The first kappa shape index (κ1) is 6.74. The molecule has 0 radical (unpaired) electrons. The van der Waals surface area contributed by atoms with Crippen LogP contribution < -0.4 is 5.73 Å². The molecule has 0 spiro atoms. The van der Waals surface area contributed by atoms with E-state index in [4.69, 9.17) is 5.73 Å². The van der Waals surface area contributed by atoms with Crippen LogP contribution in [-0.4, -0.2) is 11.1 Å². The fourth-order valence-corrected chi connectivity index (χ4v) is 0.547. The first-order chi connectivity index (χ1) is 4.84. The Balaban J connectivity index is 2.76. The molecule has 0 saturated heterocycles. The minimum absolute atomic E-state index is 0.455. The van der Waals surface area contributed by atoms with Crippen LogP contribution in [0.1, 0.15) is 11.6 Å². The molecule has 0 saturated carbocycles. The summed E-state index contributed by atoms with van der Waals surface area (Å²) in [7, 11) is 0. The third-order valence-corrected chi connectivity index (χ3v) is 1.08. The van der Waals surface area contributed by atoms with Crippen molar-refractivity contribution in [2.24, 2.45) is 5.73 Å². The third-order valence-electron chi connectivity index (χ3n) is 1.08. The minimum Gasteiger partial charge on any atom is -0.364 e. The van der Waals surface area contributed by atoms with Crippen LogP contribution in [0, 0.1) is 0 Å². The Kier molecular flexibility index (Phi) is 1.99. The Morgan fingerprint density at radius 3 is 3.20 bits per heavy atom. The maximum Gasteiger partial charge on any atom is 0.128 e. The zero-order chi connectivity index (χ0) is 7.40. The third kappa shape index (κ3) is 1.31. The van der Waals surface area contributed by atoms with Gasteiger partial charge in [-0.2, -0.15) is 0 Å². The SMILES string of the molecule is NC(C=C=O)c1cnoc1. The fourth-order valence-electron chi connectivity index (χ4n) is 0.547. The minimum atomic E-state index is -0.455. The number of nitrogens with zero attached hydrogens (tertiary/aromatic N) is 1. The van der Waals surface area contributed by atoms with Gasteiger partial charge in [0.15, 0.2) is 0 Å². The van der Waals surface area contributed by atoms with E-state index in [1.54, 1.807) is 5.94 Å². The molecule has 0 bridgehead atoms. The first-order valence-electron chi connectivity index (χ1n) is 2.70. The topological polar surface area (TPSA) is 69.1 Å². The molecule has 4 heteroatoms. The van der Waals surface area contributed by atoms with Gasteiger partial charge >= 0.3 is 0 Å². The standard InChI is InChI=1S/C6H6N2O2/c7-6(1-2-9)5-3-8-10-4-5/h1,3-4,6H,7H2. The van der Waals surface area contributed by atoms with Crippen molar-refractivity contribution in [1.82, 2.24) is 5.16 Å². The number of rotatable bonds is 2. The molecular weight excluding hydrogens is 132 g/mol. The van der Waals surface area contributed by atoms with E-state index in [0.717, 1.165) is 0 Å². The summed E-state index contributed by atoms with van der Waals surface area (Å²) >= 11 is 0. The summed E-state index contributed by atoms with van der Waals surface area (Å²) in [6.07, 6.45) is 4.05. The second-order valence-corrected chi connectivity index (χ2v) is 1.77. The van der Waals surface area contributed by atoms with Crippen LogP contribution in [0.3, 0.4) is 0 Å². The molecule has 2 N–H and O–H groups in total. The van der Waals surface area contributed by atoms with E-state index in [2.05, 4.69) is 9.68 Å². The number of aromatic nitrogens is 1. The van der Waals surface area contributed by atoms with Crippen LogP contribution in [0.25, 0.3) is 0 Å². The monoisotopic (exact) mass is 138 g/mol. The van der Waals surface area contributed by atoms with E-state index in [0.29, 0.717) is 5.56 Å². The number of hydrogen-bond donors (Lipinski definition) is 1. The maximum atomic E-state index is 9.80. The van der Waals surface area contributed by atoms with Gasteiger partial charge < -0.3 is 10.3 Å². The van der Waals surface area contributed by atoms with E-state index in [1.165, 1.54) is 18.5 Å². The number of carbonyl (C=O) groups excluding carboxylic acids is 1. The van der Waals surface area contributed by atoms with Crippen LogP contribution in [0.4, 0.5) is 0 Å². The predicted octanol–water partition coefficient (Wildman–Crippen LogP) is 0.0622. The van der Waals surface area contributed by atoms with Crippen LogP contribution >= 0.6 is 0 Å². The quantitative estimate of drug-likeness (QED) is 0.587. The van der Waals surface area contributed by atoms with E-state index in [-0.39, 0.29) is 0 Å². The summed E-state index contributed by atoms with van der Waals surface area (Å²) in [5, 5.41) is 3.42. The van der Waals surface area contributed by atoms with Gasteiger partial charge in [-0.05, 0) is 0 Å². The summed E-state index contributed by atoms with van der Waals surface area (Å²) in [5.41, 5.74) is 6.10. The molecule has 0 aliphatic rings. The molecule has 1 rings (SSSR count). The van der Waals surface area contributed by atoms with Crippen molar-refractivity contribution < 1.29 is 9.32 Å². The molecule has 0 fully saturated rings. The smallest absolute Gasteiger partial charge is 0.128 e. The van der Waals surface area contributed by atoms with Gasteiger partial charge in [-0.3, -0.25) is 0 Å². The normalized spacial score (nSPS) is 12.1. The molecule has 0 aliphatic heterocycles. The average molecular weight is 138 g/mol. The van der Waals surface area contributed by atoms with Crippen molar-refractivity contribution in [2.75, 3.05) is 0 Å². The summed E-state index contributed by atoms with van der Waals surface area (Å²) in [4.78, 5) is 9.80. The Hall–Kier alpha value is -1.38. The number of hydrogen-bond acceptors (Lipinski definition) is 4. The van der Waals surface area contributed by atoms with Gasteiger partial charge in [0.1, 0.15) is 12.2 Å². The van der Waals surface area contributed by atoms with E-state index in [1.807, 2.05) is 0 Å². The Morgan fingerprint density at radius 1 is 1.90 bits per heavy atom.